The van der Waals surface area contributed by atoms with Gasteiger partial charge in [-0.2, -0.15) is 5.10 Å². The number of hydrazone groups is 1. The summed E-state index contributed by atoms with van der Waals surface area (Å²) >= 11 is 6.82. The Kier molecular flexibility index (Phi) is 7.47. The van der Waals surface area contributed by atoms with Crippen LogP contribution in [0.15, 0.2) is 44.4 Å². The van der Waals surface area contributed by atoms with Crippen LogP contribution in [0.5, 0.6) is 17.2 Å². The molecule has 0 unspecified atom stereocenters. The summed E-state index contributed by atoms with van der Waals surface area (Å²) in [6.45, 7) is 1.81. The van der Waals surface area contributed by atoms with Gasteiger partial charge in [0.15, 0.2) is 6.61 Å². The van der Waals surface area contributed by atoms with E-state index in [1.165, 1.54) is 6.21 Å². The molecule has 0 atom stereocenters. The standard InChI is InChI=1S/C18H18Br2N2O4/c1-11-6-13(4-5-14(11)19)26-10-18(23)22-21-9-12-7-15(20)17(25-3)8-16(12)24-2/h4-9H,10H2,1-3H3,(H,22,23). The molecule has 0 saturated heterocycles. The third kappa shape index (κ3) is 5.47. The Balaban J connectivity index is 1.94. The topological polar surface area (TPSA) is 69.2 Å². The molecule has 0 heterocycles. The third-order valence-corrected chi connectivity index (χ3v) is 4.91. The molecule has 0 saturated carbocycles. The molecule has 0 aliphatic carbocycles. The van der Waals surface area contributed by atoms with Gasteiger partial charge < -0.3 is 14.2 Å². The molecule has 0 bridgehead atoms. The fraction of sp³-hybridized carbons (Fsp3) is 0.222. The van der Waals surface area contributed by atoms with Gasteiger partial charge in [-0.3, -0.25) is 4.79 Å². The van der Waals surface area contributed by atoms with Crippen molar-refractivity contribution in [2.24, 2.45) is 5.10 Å². The van der Waals surface area contributed by atoms with Gasteiger partial charge in [0, 0.05) is 16.1 Å². The zero-order chi connectivity index (χ0) is 19.1. The Bertz CT molecular complexity index is 825. The zero-order valence-corrected chi connectivity index (χ0v) is 17.7. The second-order valence-electron chi connectivity index (χ2n) is 5.22. The Hall–Kier alpha value is -2.06. The summed E-state index contributed by atoms with van der Waals surface area (Å²) in [5, 5.41) is 3.94. The number of amides is 1. The Morgan fingerprint density at radius 3 is 2.50 bits per heavy atom. The van der Waals surface area contributed by atoms with E-state index >= 15 is 0 Å². The molecule has 2 aromatic carbocycles. The largest absolute Gasteiger partial charge is 0.496 e. The monoisotopic (exact) mass is 484 g/mol. The maximum atomic E-state index is 11.9. The minimum atomic E-state index is -0.367. The second kappa shape index (κ2) is 9.59. The molecule has 138 valence electrons. The first-order valence-corrected chi connectivity index (χ1v) is 9.15. The third-order valence-electron chi connectivity index (χ3n) is 3.40. The lowest BCUT2D eigenvalue weighted by molar-refractivity contribution is -0.123. The average molecular weight is 486 g/mol. The zero-order valence-electron chi connectivity index (χ0n) is 14.5. The molecule has 6 nitrogen and oxygen atoms in total. The molecule has 0 radical (unpaired) electrons. The van der Waals surface area contributed by atoms with E-state index in [9.17, 15) is 4.79 Å². The van der Waals surface area contributed by atoms with Crippen molar-refractivity contribution < 1.29 is 19.0 Å². The normalized spacial score (nSPS) is 10.7. The highest BCUT2D eigenvalue weighted by atomic mass is 79.9. The number of benzene rings is 2. The van der Waals surface area contributed by atoms with Crippen LogP contribution in [-0.2, 0) is 4.79 Å². The summed E-state index contributed by atoms with van der Waals surface area (Å²) in [5.41, 5.74) is 4.13. The fourth-order valence-corrected chi connectivity index (χ4v) is 2.82. The van der Waals surface area contributed by atoms with Crippen molar-refractivity contribution in [1.29, 1.82) is 0 Å². The summed E-state index contributed by atoms with van der Waals surface area (Å²) in [5.74, 6) is 1.46. The summed E-state index contributed by atoms with van der Waals surface area (Å²) in [6, 6.07) is 9.02. The van der Waals surface area contributed by atoms with Crippen molar-refractivity contribution >= 4 is 44.0 Å². The first kappa shape index (κ1) is 20.3. The maximum absolute atomic E-state index is 11.9. The SMILES string of the molecule is COc1cc(OC)c(C=NNC(=O)COc2ccc(Br)c(C)c2)cc1Br. The number of aryl methyl sites for hydroxylation is 1. The van der Waals surface area contributed by atoms with E-state index in [4.69, 9.17) is 14.2 Å². The molecule has 1 amide bonds. The Morgan fingerprint density at radius 2 is 1.85 bits per heavy atom. The van der Waals surface area contributed by atoms with Gasteiger partial charge in [0.1, 0.15) is 17.2 Å². The number of methoxy groups -OCH3 is 2. The summed E-state index contributed by atoms with van der Waals surface area (Å²) in [4.78, 5) is 11.9. The van der Waals surface area contributed by atoms with Gasteiger partial charge in [0.25, 0.3) is 5.91 Å². The van der Waals surface area contributed by atoms with Crippen LogP contribution in [0.4, 0.5) is 0 Å². The van der Waals surface area contributed by atoms with Gasteiger partial charge in [-0.15, -0.1) is 0 Å². The van der Waals surface area contributed by atoms with Gasteiger partial charge in [-0.1, -0.05) is 15.9 Å². The number of halogens is 2. The molecule has 2 aromatic rings. The molecule has 0 aliphatic rings. The molecule has 2 rings (SSSR count). The predicted octanol–water partition coefficient (Wildman–Crippen LogP) is 4.07. The van der Waals surface area contributed by atoms with E-state index in [0.717, 1.165) is 14.5 Å². The highest BCUT2D eigenvalue weighted by Crippen LogP contribution is 2.31. The van der Waals surface area contributed by atoms with E-state index in [1.54, 1.807) is 32.4 Å². The van der Waals surface area contributed by atoms with Crippen LogP contribution in [-0.4, -0.2) is 32.9 Å². The van der Waals surface area contributed by atoms with Gasteiger partial charge in [-0.25, -0.2) is 5.43 Å². The highest BCUT2D eigenvalue weighted by molar-refractivity contribution is 9.10. The second-order valence-corrected chi connectivity index (χ2v) is 6.93. The van der Waals surface area contributed by atoms with Gasteiger partial charge in [0.05, 0.1) is 24.9 Å². The summed E-state index contributed by atoms with van der Waals surface area (Å²) in [6.07, 6.45) is 1.49. The quantitative estimate of drug-likeness (QED) is 0.474. The molecular formula is C18H18Br2N2O4. The van der Waals surface area contributed by atoms with Crippen molar-refractivity contribution in [2.45, 2.75) is 6.92 Å². The molecule has 0 spiro atoms. The number of ether oxygens (including phenoxy) is 3. The van der Waals surface area contributed by atoms with Crippen molar-refractivity contribution in [3.05, 3.63) is 50.4 Å². The maximum Gasteiger partial charge on any atom is 0.277 e. The smallest absolute Gasteiger partial charge is 0.277 e. The minimum Gasteiger partial charge on any atom is -0.496 e. The van der Waals surface area contributed by atoms with Crippen molar-refractivity contribution in [3.8, 4) is 17.2 Å². The predicted molar refractivity (Wildman–Crippen MR) is 107 cm³/mol. The summed E-state index contributed by atoms with van der Waals surface area (Å²) < 4.78 is 17.7. The molecule has 8 heteroatoms. The van der Waals surface area contributed by atoms with Crippen molar-refractivity contribution in [3.63, 3.8) is 0 Å². The number of rotatable bonds is 7. The Labute approximate surface area is 168 Å². The lowest BCUT2D eigenvalue weighted by Crippen LogP contribution is -2.24. The van der Waals surface area contributed by atoms with Gasteiger partial charge in [0.2, 0.25) is 0 Å². The first-order chi connectivity index (χ1) is 12.4. The van der Waals surface area contributed by atoms with Crippen LogP contribution in [0, 0.1) is 6.92 Å². The van der Waals surface area contributed by atoms with E-state index in [0.29, 0.717) is 22.8 Å². The van der Waals surface area contributed by atoms with Crippen LogP contribution in [0.1, 0.15) is 11.1 Å². The number of hydrogen-bond donors (Lipinski definition) is 1. The molecule has 26 heavy (non-hydrogen) atoms. The van der Waals surface area contributed by atoms with Crippen molar-refractivity contribution in [1.82, 2.24) is 5.43 Å². The first-order valence-electron chi connectivity index (χ1n) is 7.57. The number of nitrogens with one attached hydrogen (secondary N) is 1. The minimum absolute atomic E-state index is 0.137. The summed E-state index contributed by atoms with van der Waals surface area (Å²) in [7, 11) is 3.12. The lowest BCUT2D eigenvalue weighted by Gasteiger charge is -2.09. The van der Waals surface area contributed by atoms with Crippen LogP contribution < -0.4 is 19.6 Å². The number of nitrogens with zero attached hydrogens (tertiary/aromatic N) is 1. The van der Waals surface area contributed by atoms with Crippen molar-refractivity contribution in [2.75, 3.05) is 20.8 Å². The molecule has 0 fully saturated rings. The van der Waals surface area contributed by atoms with E-state index in [2.05, 4.69) is 42.4 Å². The van der Waals surface area contributed by atoms with Crippen LogP contribution in [0.2, 0.25) is 0 Å². The molecule has 0 aliphatic heterocycles. The lowest BCUT2D eigenvalue weighted by atomic mass is 10.2. The number of hydrogen-bond acceptors (Lipinski definition) is 5. The van der Waals surface area contributed by atoms with E-state index < -0.39 is 0 Å². The van der Waals surface area contributed by atoms with Crippen LogP contribution >= 0.6 is 31.9 Å². The van der Waals surface area contributed by atoms with Gasteiger partial charge in [-0.05, 0) is 52.7 Å². The number of carbonyl (C=O) groups excluding carboxylic acids is 1. The molecular weight excluding hydrogens is 468 g/mol. The van der Waals surface area contributed by atoms with Crippen LogP contribution in [0.3, 0.4) is 0 Å². The van der Waals surface area contributed by atoms with Gasteiger partial charge >= 0.3 is 0 Å². The van der Waals surface area contributed by atoms with E-state index in [1.807, 2.05) is 19.1 Å². The van der Waals surface area contributed by atoms with Crippen LogP contribution in [0.25, 0.3) is 0 Å². The molecule has 1 N–H and O–H groups in total. The fourth-order valence-electron chi connectivity index (χ4n) is 2.05. The molecule has 0 aromatic heterocycles. The average Bonchev–Trinajstić information content (AvgIpc) is 2.63. The number of carbonyl (C=O) groups is 1. The highest BCUT2D eigenvalue weighted by Gasteiger charge is 2.08. The Morgan fingerprint density at radius 1 is 1.12 bits per heavy atom. The van der Waals surface area contributed by atoms with E-state index in [-0.39, 0.29) is 12.5 Å².